The third-order valence-electron chi connectivity index (χ3n) is 4.17. The summed E-state index contributed by atoms with van der Waals surface area (Å²) in [6.07, 6.45) is -0.131. The van der Waals surface area contributed by atoms with Gasteiger partial charge in [-0.15, -0.1) is 0 Å². The zero-order valence-electron chi connectivity index (χ0n) is 14.2. The van der Waals surface area contributed by atoms with E-state index in [9.17, 15) is 14.9 Å². The van der Waals surface area contributed by atoms with Gasteiger partial charge in [0, 0.05) is 28.7 Å². The molecule has 0 aromatic heterocycles. The van der Waals surface area contributed by atoms with E-state index in [4.69, 9.17) is 16.3 Å². The van der Waals surface area contributed by atoms with Crippen molar-refractivity contribution in [3.8, 4) is 0 Å². The minimum absolute atomic E-state index is 0.119. The fourth-order valence-electron chi connectivity index (χ4n) is 2.91. The van der Waals surface area contributed by atoms with Crippen LogP contribution in [0.25, 0.3) is 0 Å². The van der Waals surface area contributed by atoms with Crippen molar-refractivity contribution in [1.82, 2.24) is 4.90 Å². The molecule has 1 saturated heterocycles. The average molecular weight is 455 g/mol. The molecule has 1 aliphatic heterocycles. The molecule has 0 radical (unpaired) electrons. The molecule has 0 spiro atoms. The van der Waals surface area contributed by atoms with Crippen LogP contribution in [0.3, 0.4) is 0 Å². The Morgan fingerprint density at radius 1 is 1.37 bits per heavy atom. The lowest BCUT2D eigenvalue weighted by Crippen LogP contribution is -2.42. The van der Waals surface area contributed by atoms with Gasteiger partial charge in [0.2, 0.25) is 5.91 Å². The highest BCUT2D eigenvalue weighted by Gasteiger charge is 2.24. The van der Waals surface area contributed by atoms with Crippen molar-refractivity contribution in [2.75, 3.05) is 31.6 Å². The highest BCUT2D eigenvalue weighted by Crippen LogP contribution is 2.28. The molecular weight excluding hydrogens is 438 g/mol. The van der Waals surface area contributed by atoms with Crippen molar-refractivity contribution in [3.63, 3.8) is 0 Å². The van der Waals surface area contributed by atoms with E-state index in [1.54, 1.807) is 0 Å². The smallest absolute Gasteiger partial charge is 0.294 e. The van der Waals surface area contributed by atoms with Crippen LogP contribution in [0.2, 0.25) is 5.02 Å². The van der Waals surface area contributed by atoms with E-state index < -0.39 is 4.92 Å². The molecule has 3 rings (SSSR count). The number of nitrogens with zero attached hydrogens (tertiary/aromatic N) is 2. The summed E-state index contributed by atoms with van der Waals surface area (Å²) >= 11 is 9.24. The summed E-state index contributed by atoms with van der Waals surface area (Å²) in [4.78, 5) is 24.9. The molecule has 1 unspecified atom stereocenters. The van der Waals surface area contributed by atoms with Gasteiger partial charge in [0.05, 0.1) is 24.2 Å². The van der Waals surface area contributed by atoms with E-state index in [0.29, 0.717) is 19.7 Å². The number of anilines is 1. The maximum Gasteiger partial charge on any atom is 0.294 e. The second-order valence-electron chi connectivity index (χ2n) is 6.12. The van der Waals surface area contributed by atoms with Gasteiger partial charge in [-0.3, -0.25) is 19.8 Å². The van der Waals surface area contributed by atoms with E-state index in [-0.39, 0.29) is 35.0 Å². The zero-order valence-corrected chi connectivity index (χ0v) is 16.6. The first kappa shape index (κ1) is 19.8. The van der Waals surface area contributed by atoms with Crippen molar-refractivity contribution < 1.29 is 14.5 Å². The first-order valence-electron chi connectivity index (χ1n) is 8.25. The fraction of sp³-hybridized carbons (Fsp3) is 0.278. The molecule has 1 fully saturated rings. The van der Waals surface area contributed by atoms with E-state index in [2.05, 4.69) is 21.2 Å². The highest BCUT2D eigenvalue weighted by atomic mass is 79.9. The van der Waals surface area contributed by atoms with Crippen molar-refractivity contribution in [3.05, 3.63) is 67.6 Å². The van der Waals surface area contributed by atoms with Gasteiger partial charge in [-0.1, -0.05) is 39.7 Å². The van der Waals surface area contributed by atoms with Crippen LogP contribution in [0.4, 0.5) is 11.4 Å². The van der Waals surface area contributed by atoms with E-state index >= 15 is 0 Å². The van der Waals surface area contributed by atoms with Crippen molar-refractivity contribution >= 4 is 44.8 Å². The predicted molar refractivity (Wildman–Crippen MR) is 106 cm³/mol. The second kappa shape index (κ2) is 8.79. The van der Waals surface area contributed by atoms with Crippen LogP contribution in [-0.4, -0.2) is 42.0 Å². The Balaban J connectivity index is 1.63. The third-order valence-corrected chi connectivity index (χ3v) is 4.90. The van der Waals surface area contributed by atoms with Gasteiger partial charge in [-0.2, -0.15) is 0 Å². The molecule has 1 aliphatic rings. The summed E-state index contributed by atoms with van der Waals surface area (Å²) in [7, 11) is 0. The Hall–Kier alpha value is -2.00. The number of hydrogen-bond donors (Lipinski definition) is 1. The number of hydrogen-bond acceptors (Lipinski definition) is 5. The van der Waals surface area contributed by atoms with Crippen molar-refractivity contribution in [2.45, 2.75) is 6.10 Å². The summed E-state index contributed by atoms with van der Waals surface area (Å²) in [5.41, 5.74) is 0.930. The van der Waals surface area contributed by atoms with Crippen LogP contribution in [0.5, 0.6) is 0 Å². The number of ether oxygens (including phenoxy) is 1. The molecule has 1 amide bonds. The van der Waals surface area contributed by atoms with E-state index in [0.717, 1.165) is 10.0 Å². The van der Waals surface area contributed by atoms with Gasteiger partial charge >= 0.3 is 0 Å². The van der Waals surface area contributed by atoms with Crippen LogP contribution >= 0.6 is 27.5 Å². The van der Waals surface area contributed by atoms with Crippen LogP contribution in [0, 0.1) is 10.1 Å². The number of benzene rings is 2. The van der Waals surface area contributed by atoms with Crippen molar-refractivity contribution in [2.24, 2.45) is 0 Å². The SMILES string of the molecule is O=C(CN1CCOC(c2cccc(Br)c2)C1)Nc1ccc(Cl)cc1[N+](=O)[O-]. The van der Waals surface area contributed by atoms with Gasteiger partial charge in [-0.05, 0) is 29.8 Å². The molecule has 142 valence electrons. The molecule has 7 nitrogen and oxygen atoms in total. The Morgan fingerprint density at radius 3 is 2.93 bits per heavy atom. The average Bonchev–Trinajstić information content (AvgIpc) is 2.63. The van der Waals surface area contributed by atoms with Crippen LogP contribution in [0.15, 0.2) is 46.9 Å². The molecule has 27 heavy (non-hydrogen) atoms. The summed E-state index contributed by atoms with van der Waals surface area (Å²) in [5, 5.41) is 14.0. The number of nitrogens with one attached hydrogen (secondary N) is 1. The molecule has 1 heterocycles. The van der Waals surface area contributed by atoms with Gasteiger partial charge in [0.15, 0.2) is 0 Å². The molecule has 0 saturated carbocycles. The van der Waals surface area contributed by atoms with E-state index in [1.165, 1.54) is 18.2 Å². The number of rotatable bonds is 5. The Morgan fingerprint density at radius 2 is 2.19 bits per heavy atom. The summed E-state index contributed by atoms with van der Waals surface area (Å²) in [5.74, 6) is -0.324. The maximum atomic E-state index is 12.4. The van der Waals surface area contributed by atoms with Gasteiger partial charge in [0.25, 0.3) is 5.69 Å². The number of morpholine rings is 1. The number of nitro benzene ring substituents is 1. The van der Waals surface area contributed by atoms with Gasteiger partial charge in [0.1, 0.15) is 5.69 Å². The lowest BCUT2D eigenvalue weighted by atomic mass is 10.1. The molecule has 1 N–H and O–H groups in total. The van der Waals surface area contributed by atoms with Gasteiger partial charge in [-0.25, -0.2) is 0 Å². The van der Waals surface area contributed by atoms with Crippen LogP contribution < -0.4 is 5.32 Å². The number of carbonyl (C=O) groups excluding carboxylic acids is 1. The molecule has 2 aromatic carbocycles. The number of nitro groups is 1. The molecule has 0 aliphatic carbocycles. The molecular formula is C18H17BrClN3O4. The quantitative estimate of drug-likeness (QED) is 0.545. The summed E-state index contributed by atoms with van der Waals surface area (Å²) < 4.78 is 6.78. The molecule has 0 bridgehead atoms. The molecule has 2 aromatic rings. The normalized spacial score (nSPS) is 17.5. The standard InChI is InChI=1S/C18H17BrClN3O4/c19-13-3-1-2-12(8-13)17-10-22(6-7-27-17)11-18(24)21-15-5-4-14(20)9-16(15)23(25)26/h1-5,8-9,17H,6-7,10-11H2,(H,21,24). The zero-order chi connectivity index (χ0) is 19.4. The predicted octanol–water partition coefficient (Wildman–Crippen LogP) is 4.02. The summed E-state index contributed by atoms with van der Waals surface area (Å²) in [6.45, 7) is 1.80. The Bertz CT molecular complexity index is 864. The van der Waals surface area contributed by atoms with Gasteiger partial charge < -0.3 is 10.1 Å². The molecule has 1 atom stereocenters. The third kappa shape index (κ3) is 5.26. The Labute approximate surface area is 169 Å². The topological polar surface area (TPSA) is 84.7 Å². The van der Waals surface area contributed by atoms with Crippen molar-refractivity contribution in [1.29, 1.82) is 0 Å². The lowest BCUT2D eigenvalue weighted by Gasteiger charge is -2.32. The number of carbonyl (C=O) groups is 1. The second-order valence-corrected chi connectivity index (χ2v) is 7.47. The Kier molecular flexibility index (Phi) is 6.43. The minimum Gasteiger partial charge on any atom is -0.371 e. The first-order valence-corrected chi connectivity index (χ1v) is 9.42. The summed E-state index contributed by atoms with van der Waals surface area (Å²) in [6, 6.07) is 12.0. The maximum absolute atomic E-state index is 12.4. The number of amides is 1. The molecule has 9 heteroatoms. The number of halogens is 2. The largest absolute Gasteiger partial charge is 0.371 e. The first-order chi connectivity index (χ1) is 12.9. The monoisotopic (exact) mass is 453 g/mol. The van der Waals surface area contributed by atoms with Crippen LogP contribution in [-0.2, 0) is 9.53 Å². The highest BCUT2D eigenvalue weighted by molar-refractivity contribution is 9.10. The fourth-order valence-corrected chi connectivity index (χ4v) is 3.49. The minimum atomic E-state index is -0.570. The lowest BCUT2D eigenvalue weighted by molar-refractivity contribution is -0.383. The van der Waals surface area contributed by atoms with E-state index in [1.807, 2.05) is 29.2 Å². The van der Waals surface area contributed by atoms with Crippen LogP contribution in [0.1, 0.15) is 11.7 Å².